The Morgan fingerprint density at radius 3 is 2.46 bits per heavy atom. The minimum absolute atomic E-state index is 0.0480. The van der Waals surface area contributed by atoms with Gasteiger partial charge < -0.3 is 19.0 Å². The van der Waals surface area contributed by atoms with Gasteiger partial charge in [0.25, 0.3) is 0 Å². The van der Waals surface area contributed by atoms with Crippen molar-refractivity contribution < 1.29 is 18.7 Å². The van der Waals surface area contributed by atoms with Gasteiger partial charge in [0.2, 0.25) is 11.8 Å². The van der Waals surface area contributed by atoms with E-state index >= 15 is 0 Å². The minimum Gasteiger partial charge on any atom is -0.467 e. The number of carbonyl (C=O) groups excluding carboxylic acids is 2. The largest absolute Gasteiger partial charge is 0.467 e. The quantitative estimate of drug-likeness (QED) is 0.714. The van der Waals surface area contributed by atoms with Gasteiger partial charge in [0.1, 0.15) is 12.3 Å². The van der Waals surface area contributed by atoms with E-state index in [0.717, 1.165) is 50.9 Å². The number of amides is 2. The summed E-state index contributed by atoms with van der Waals surface area (Å²) in [4.78, 5) is 30.0. The highest BCUT2D eigenvalue weighted by Crippen LogP contribution is 2.29. The van der Waals surface area contributed by atoms with E-state index in [1.54, 1.807) is 16.1 Å². The van der Waals surface area contributed by atoms with E-state index in [4.69, 9.17) is 9.15 Å². The zero-order valence-electron chi connectivity index (χ0n) is 17.5. The number of carbonyl (C=O) groups is 2. The first-order chi connectivity index (χ1) is 13.3. The van der Waals surface area contributed by atoms with Gasteiger partial charge in [0.15, 0.2) is 0 Å². The van der Waals surface area contributed by atoms with Crippen LogP contribution in [0.2, 0.25) is 0 Å². The number of ether oxygens (including phenoxy) is 1. The monoisotopic (exact) mass is 390 g/mol. The van der Waals surface area contributed by atoms with Crippen molar-refractivity contribution in [3.63, 3.8) is 0 Å². The first-order valence-corrected chi connectivity index (χ1v) is 10.6. The summed E-state index contributed by atoms with van der Waals surface area (Å²) >= 11 is 0. The molecule has 0 radical (unpaired) electrons. The van der Waals surface area contributed by atoms with Gasteiger partial charge in [-0.3, -0.25) is 9.59 Å². The lowest BCUT2D eigenvalue weighted by Crippen LogP contribution is -2.53. The summed E-state index contributed by atoms with van der Waals surface area (Å²) < 4.78 is 11.2. The van der Waals surface area contributed by atoms with Crippen LogP contribution in [0.25, 0.3) is 0 Å². The second-order valence-electron chi connectivity index (χ2n) is 9.07. The molecule has 1 saturated carbocycles. The average Bonchev–Trinajstić information content (AvgIpc) is 3.40. The third-order valence-electron chi connectivity index (χ3n) is 5.80. The van der Waals surface area contributed by atoms with Crippen molar-refractivity contribution in [2.24, 2.45) is 5.92 Å². The van der Waals surface area contributed by atoms with Gasteiger partial charge in [-0.1, -0.05) is 12.8 Å². The Balaban J connectivity index is 1.71. The van der Waals surface area contributed by atoms with Gasteiger partial charge in [-0.25, -0.2) is 0 Å². The number of furan rings is 1. The van der Waals surface area contributed by atoms with Crippen LogP contribution in [-0.2, 0) is 20.9 Å². The Kier molecular flexibility index (Phi) is 6.81. The van der Waals surface area contributed by atoms with Gasteiger partial charge in [-0.05, 0) is 58.6 Å². The minimum atomic E-state index is -0.393. The normalized spacial score (nSPS) is 20.5. The summed E-state index contributed by atoms with van der Waals surface area (Å²) in [6.07, 6.45) is 7.75. The molecular formula is C22H34N2O4. The topological polar surface area (TPSA) is 63.0 Å². The molecule has 3 rings (SSSR count). The van der Waals surface area contributed by atoms with Crippen molar-refractivity contribution in [2.45, 2.75) is 77.5 Å². The molecule has 0 unspecified atom stereocenters. The van der Waals surface area contributed by atoms with Gasteiger partial charge in [0, 0.05) is 24.6 Å². The molecule has 0 spiro atoms. The average molecular weight is 391 g/mol. The van der Waals surface area contributed by atoms with Gasteiger partial charge in [-0.15, -0.1) is 0 Å². The molecular weight excluding hydrogens is 356 g/mol. The first kappa shape index (κ1) is 20.9. The second kappa shape index (κ2) is 9.12. The van der Waals surface area contributed by atoms with E-state index in [1.807, 2.05) is 32.9 Å². The molecule has 156 valence electrons. The molecule has 0 N–H and O–H groups in total. The highest BCUT2D eigenvalue weighted by atomic mass is 16.5. The van der Waals surface area contributed by atoms with Crippen molar-refractivity contribution in [1.29, 1.82) is 0 Å². The molecule has 1 aliphatic carbocycles. The smallest absolute Gasteiger partial charge is 0.242 e. The van der Waals surface area contributed by atoms with Crippen LogP contribution >= 0.6 is 0 Å². The second-order valence-corrected chi connectivity index (χ2v) is 9.07. The van der Waals surface area contributed by atoms with Crippen molar-refractivity contribution >= 4 is 11.8 Å². The molecule has 6 nitrogen and oxygen atoms in total. The predicted molar refractivity (Wildman–Crippen MR) is 107 cm³/mol. The van der Waals surface area contributed by atoms with Crippen LogP contribution in [0, 0.1) is 5.92 Å². The fraction of sp³-hybridized carbons (Fsp3) is 0.727. The van der Waals surface area contributed by atoms with Crippen molar-refractivity contribution in [3.05, 3.63) is 24.2 Å². The first-order valence-electron chi connectivity index (χ1n) is 10.6. The van der Waals surface area contributed by atoms with Gasteiger partial charge in [-0.2, -0.15) is 0 Å². The Bertz CT molecular complexity index is 638. The highest BCUT2D eigenvalue weighted by molar-refractivity contribution is 5.86. The molecule has 1 aromatic heterocycles. The van der Waals surface area contributed by atoms with Gasteiger partial charge >= 0.3 is 0 Å². The maximum absolute atomic E-state index is 13.3. The van der Waals surface area contributed by atoms with E-state index in [1.165, 1.54) is 0 Å². The Morgan fingerprint density at radius 2 is 1.89 bits per heavy atom. The van der Waals surface area contributed by atoms with Crippen molar-refractivity contribution in [3.8, 4) is 0 Å². The van der Waals surface area contributed by atoms with Crippen LogP contribution in [-0.4, -0.2) is 53.0 Å². The molecule has 6 heteroatoms. The molecule has 2 aliphatic rings. The zero-order valence-corrected chi connectivity index (χ0v) is 17.5. The maximum Gasteiger partial charge on any atom is 0.242 e. The fourth-order valence-corrected chi connectivity index (χ4v) is 4.15. The van der Waals surface area contributed by atoms with E-state index < -0.39 is 5.54 Å². The third kappa shape index (κ3) is 5.37. The zero-order chi connectivity index (χ0) is 20.1. The number of hydrogen-bond donors (Lipinski definition) is 0. The van der Waals surface area contributed by atoms with Gasteiger partial charge in [0.05, 0.1) is 18.9 Å². The molecule has 1 saturated heterocycles. The molecule has 0 bridgehead atoms. The number of hydrogen-bond acceptors (Lipinski definition) is 4. The summed E-state index contributed by atoms with van der Waals surface area (Å²) in [5.74, 6) is 0.876. The highest BCUT2D eigenvalue weighted by Gasteiger charge is 2.36. The van der Waals surface area contributed by atoms with E-state index in [0.29, 0.717) is 13.1 Å². The lowest BCUT2D eigenvalue weighted by molar-refractivity contribution is -0.148. The van der Waals surface area contributed by atoms with Crippen molar-refractivity contribution in [1.82, 2.24) is 9.80 Å². The van der Waals surface area contributed by atoms with Crippen LogP contribution < -0.4 is 0 Å². The molecule has 0 aromatic carbocycles. The Labute approximate surface area is 168 Å². The maximum atomic E-state index is 13.3. The molecule has 1 aliphatic heterocycles. The molecule has 1 aromatic rings. The lowest BCUT2D eigenvalue weighted by atomic mass is 10.00. The predicted octanol–water partition coefficient (Wildman–Crippen LogP) is 3.60. The number of nitrogens with zero attached hydrogens (tertiary/aromatic N) is 2. The molecule has 2 heterocycles. The van der Waals surface area contributed by atoms with Crippen LogP contribution in [0.1, 0.15) is 65.1 Å². The molecule has 2 fully saturated rings. The van der Waals surface area contributed by atoms with E-state index in [9.17, 15) is 9.59 Å². The lowest BCUT2D eigenvalue weighted by Gasteiger charge is -2.38. The van der Waals surface area contributed by atoms with Crippen LogP contribution in [0.5, 0.6) is 0 Å². The SMILES string of the molecule is CC(C)(C)N(CC(=O)N(Cc1ccco1)C[C@H]1CCCO1)C(=O)C1CCCC1. The van der Waals surface area contributed by atoms with Crippen LogP contribution in [0.3, 0.4) is 0 Å². The molecule has 28 heavy (non-hydrogen) atoms. The van der Waals surface area contributed by atoms with E-state index in [-0.39, 0.29) is 30.4 Å². The molecule has 2 amide bonds. The van der Waals surface area contributed by atoms with E-state index in [2.05, 4.69) is 0 Å². The van der Waals surface area contributed by atoms with Crippen molar-refractivity contribution in [2.75, 3.05) is 19.7 Å². The molecule has 1 atom stereocenters. The van der Waals surface area contributed by atoms with Crippen LogP contribution in [0.15, 0.2) is 22.8 Å². The number of rotatable bonds is 7. The fourth-order valence-electron chi connectivity index (χ4n) is 4.15. The van der Waals surface area contributed by atoms with Crippen LogP contribution in [0.4, 0.5) is 0 Å². The Hall–Kier alpha value is -1.82. The summed E-state index contributed by atoms with van der Waals surface area (Å²) in [5, 5.41) is 0. The summed E-state index contributed by atoms with van der Waals surface area (Å²) in [5.41, 5.74) is -0.393. The summed E-state index contributed by atoms with van der Waals surface area (Å²) in [6, 6.07) is 3.70. The summed E-state index contributed by atoms with van der Waals surface area (Å²) in [7, 11) is 0. The Morgan fingerprint density at radius 1 is 1.14 bits per heavy atom. The third-order valence-corrected chi connectivity index (χ3v) is 5.80. The summed E-state index contributed by atoms with van der Waals surface area (Å²) in [6.45, 7) is 7.81. The standard InChI is InChI=1S/C22H34N2O4/c1-22(2,3)24(21(26)17-8-4-5-9-17)16-20(25)23(14-18-10-6-12-27-18)15-19-11-7-13-28-19/h6,10,12,17,19H,4-5,7-9,11,13-16H2,1-3H3/t19-/m1/s1.